The molecule has 0 aliphatic carbocycles. The molecule has 0 saturated heterocycles. The predicted octanol–water partition coefficient (Wildman–Crippen LogP) is 3.04. The van der Waals surface area contributed by atoms with Crippen molar-refractivity contribution in [2.75, 3.05) is 7.11 Å². The lowest BCUT2D eigenvalue weighted by Crippen LogP contribution is -2.01. The molecule has 0 N–H and O–H groups in total. The molecule has 0 radical (unpaired) electrons. The van der Waals surface area contributed by atoms with Gasteiger partial charge in [0.15, 0.2) is 5.78 Å². The summed E-state index contributed by atoms with van der Waals surface area (Å²) in [5.74, 6) is 0.728. The number of methoxy groups -OCH3 is 1. The van der Waals surface area contributed by atoms with Crippen molar-refractivity contribution < 1.29 is 9.53 Å². The Balaban J connectivity index is 2.89. The van der Waals surface area contributed by atoms with Crippen LogP contribution in [0.5, 0.6) is 5.75 Å². The van der Waals surface area contributed by atoms with Crippen molar-refractivity contribution in [1.29, 1.82) is 0 Å². The van der Waals surface area contributed by atoms with E-state index in [2.05, 4.69) is 0 Å². The van der Waals surface area contributed by atoms with Gasteiger partial charge in [0, 0.05) is 19.4 Å². The van der Waals surface area contributed by atoms with Crippen molar-refractivity contribution in [3.8, 4) is 5.75 Å². The Hall–Kier alpha value is -1.48. The zero-order valence-electron chi connectivity index (χ0n) is 9.37. The molecule has 16 heavy (non-hydrogen) atoms. The highest BCUT2D eigenvalue weighted by molar-refractivity contribution is 6.35. The van der Waals surface area contributed by atoms with Gasteiger partial charge in [0.1, 0.15) is 5.75 Å². The summed E-state index contributed by atoms with van der Waals surface area (Å²) in [5.41, 5.74) is 1.47. The molecule has 2 rings (SSSR count). The van der Waals surface area contributed by atoms with Crippen LogP contribution in [0.2, 0.25) is 5.02 Å². The van der Waals surface area contributed by atoms with Crippen LogP contribution in [-0.4, -0.2) is 17.5 Å². The number of nitrogens with zero attached hydrogens (tertiary/aromatic N) is 1. The molecule has 0 aliphatic heterocycles. The first-order chi connectivity index (χ1) is 7.56. The van der Waals surface area contributed by atoms with Gasteiger partial charge >= 0.3 is 0 Å². The summed E-state index contributed by atoms with van der Waals surface area (Å²) < 4.78 is 7.07. The number of ether oxygens (including phenoxy) is 1. The van der Waals surface area contributed by atoms with Crippen LogP contribution in [0.15, 0.2) is 18.2 Å². The first-order valence-corrected chi connectivity index (χ1v) is 5.27. The molecule has 0 fully saturated rings. The van der Waals surface area contributed by atoms with Crippen LogP contribution in [0.3, 0.4) is 0 Å². The summed E-state index contributed by atoms with van der Waals surface area (Å²) in [6.07, 6.45) is 0. The van der Waals surface area contributed by atoms with Gasteiger partial charge in [-0.25, -0.2) is 0 Å². The van der Waals surface area contributed by atoms with Crippen LogP contribution < -0.4 is 4.74 Å². The second-order valence-corrected chi connectivity index (χ2v) is 4.06. The molecule has 0 atom stereocenters. The smallest absolute Gasteiger partial charge is 0.176 e. The first-order valence-electron chi connectivity index (χ1n) is 4.89. The maximum Gasteiger partial charge on any atom is 0.176 e. The monoisotopic (exact) mass is 237 g/mol. The van der Waals surface area contributed by atoms with Crippen LogP contribution in [0.4, 0.5) is 0 Å². The number of carbonyl (C=O) groups is 1. The fourth-order valence-electron chi connectivity index (χ4n) is 1.90. The first kappa shape index (κ1) is 11.0. The van der Waals surface area contributed by atoms with E-state index in [-0.39, 0.29) is 5.78 Å². The summed E-state index contributed by atoms with van der Waals surface area (Å²) in [6, 6.07) is 5.36. The Kier molecular flexibility index (Phi) is 2.64. The van der Waals surface area contributed by atoms with Gasteiger partial charge in [-0.3, -0.25) is 4.79 Å². The van der Waals surface area contributed by atoms with Gasteiger partial charge in [-0.05, 0) is 18.2 Å². The third-order valence-electron chi connectivity index (χ3n) is 2.69. The van der Waals surface area contributed by atoms with Crippen molar-refractivity contribution in [2.24, 2.45) is 7.05 Å². The SMILES string of the molecule is COc1ccc(Cl)c2cc(C(C)=O)n(C)c12. The fourth-order valence-corrected chi connectivity index (χ4v) is 2.11. The second-order valence-electron chi connectivity index (χ2n) is 3.66. The third kappa shape index (κ3) is 1.48. The maximum absolute atomic E-state index is 11.4. The molecule has 0 unspecified atom stereocenters. The van der Waals surface area contributed by atoms with Gasteiger partial charge in [0.2, 0.25) is 0 Å². The van der Waals surface area contributed by atoms with E-state index in [1.807, 2.05) is 11.6 Å². The van der Waals surface area contributed by atoms with Crippen molar-refractivity contribution in [3.63, 3.8) is 0 Å². The van der Waals surface area contributed by atoms with Gasteiger partial charge in [-0.1, -0.05) is 11.6 Å². The minimum absolute atomic E-state index is 0.0109. The minimum atomic E-state index is 0.0109. The number of ketones is 1. The van der Waals surface area contributed by atoms with Crippen LogP contribution in [-0.2, 0) is 7.05 Å². The average Bonchev–Trinajstić information content (AvgIpc) is 2.59. The predicted molar refractivity (Wildman–Crippen MR) is 64.5 cm³/mol. The van der Waals surface area contributed by atoms with Crippen molar-refractivity contribution in [3.05, 3.63) is 28.9 Å². The molecule has 2 aromatic rings. The number of rotatable bonds is 2. The highest BCUT2D eigenvalue weighted by Gasteiger charge is 2.15. The van der Waals surface area contributed by atoms with Crippen LogP contribution >= 0.6 is 11.6 Å². The van der Waals surface area contributed by atoms with E-state index >= 15 is 0 Å². The Bertz CT molecular complexity index is 572. The van der Waals surface area contributed by atoms with Gasteiger partial charge in [0.05, 0.1) is 23.3 Å². The molecule has 1 heterocycles. The van der Waals surface area contributed by atoms with Gasteiger partial charge in [-0.15, -0.1) is 0 Å². The Labute approximate surface area is 98.6 Å². The van der Waals surface area contributed by atoms with E-state index in [9.17, 15) is 4.79 Å². The summed E-state index contributed by atoms with van der Waals surface area (Å²) in [7, 11) is 3.43. The molecule has 3 nitrogen and oxygen atoms in total. The number of aromatic nitrogens is 1. The second kappa shape index (κ2) is 3.83. The highest BCUT2D eigenvalue weighted by atomic mass is 35.5. The minimum Gasteiger partial charge on any atom is -0.495 e. The van der Waals surface area contributed by atoms with E-state index < -0.39 is 0 Å². The Morgan fingerprint density at radius 1 is 1.44 bits per heavy atom. The number of Topliss-reactive ketones (excluding diaryl/α,β-unsaturated/α-hetero) is 1. The largest absolute Gasteiger partial charge is 0.495 e. The molecular formula is C12H12ClNO2. The lowest BCUT2D eigenvalue weighted by atomic mass is 10.2. The molecule has 1 aromatic heterocycles. The van der Waals surface area contributed by atoms with Crippen LogP contribution in [0, 0.1) is 0 Å². The van der Waals surface area contributed by atoms with Gasteiger partial charge in [-0.2, -0.15) is 0 Å². The highest BCUT2D eigenvalue weighted by Crippen LogP contribution is 2.33. The van der Waals surface area contributed by atoms with Crippen molar-refractivity contribution >= 4 is 28.3 Å². The van der Waals surface area contributed by atoms with Gasteiger partial charge < -0.3 is 9.30 Å². The summed E-state index contributed by atoms with van der Waals surface area (Å²) in [4.78, 5) is 11.4. The molecule has 0 aliphatic rings. The number of hydrogen-bond acceptors (Lipinski definition) is 2. The number of aryl methyl sites for hydroxylation is 1. The molecule has 0 amide bonds. The van der Waals surface area contributed by atoms with Gasteiger partial charge in [0.25, 0.3) is 0 Å². The standard InChI is InChI=1S/C12H12ClNO2/c1-7(15)10-6-8-9(13)4-5-11(16-3)12(8)14(10)2/h4-6H,1-3H3. The topological polar surface area (TPSA) is 31.2 Å². The molecule has 84 valence electrons. The number of halogens is 1. The Morgan fingerprint density at radius 2 is 2.12 bits per heavy atom. The molecule has 0 bridgehead atoms. The lowest BCUT2D eigenvalue weighted by Gasteiger charge is -2.06. The lowest BCUT2D eigenvalue weighted by molar-refractivity contribution is 0.101. The summed E-state index contributed by atoms with van der Waals surface area (Å²) >= 11 is 6.10. The van der Waals surface area contributed by atoms with Crippen molar-refractivity contribution in [1.82, 2.24) is 4.57 Å². The number of hydrogen-bond donors (Lipinski definition) is 0. The number of carbonyl (C=O) groups excluding carboxylic acids is 1. The number of fused-ring (bicyclic) bond motifs is 1. The molecule has 1 aromatic carbocycles. The van der Waals surface area contributed by atoms with Crippen molar-refractivity contribution in [2.45, 2.75) is 6.92 Å². The zero-order valence-corrected chi connectivity index (χ0v) is 10.1. The zero-order chi connectivity index (χ0) is 11.9. The van der Waals surface area contributed by atoms with Crippen LogP contribution in [0.25, 0.3) is 10.9 Å². The summed E-state index contributed by atoms with van der Waals surface area (Å²) in [5, 5.41) is 1.47. The quantitative estimate of drug-likeness (QED) is 0.752. The van der Waals surface area contributed by atoms with E-state index in [0.29, 0.717) is 10.7 Å². The van der Waals surface area contributed by atoms with E-state index in [1.165, 1.54) is 6.92 Å². The molecule has 4 heteroatoms. The van der Waals surface area contributed by atoms with E-state index in [0.717, 1.165) is 16.7 Å². The normalized spacial score (nSPS) is 10.8. The fraction of sp³-hybridized carbons (Fsp3) is 0.250. The third-order valence-corrected chi connectivity index (χ3v) is 3.01. The summed E-state index contributed by atoms with van der Waals surface area (Å²) in [6.45, 7) is 1.54. The molecular weight excluding hydrogens is 226 g/mol. The average molecular weight is 238 g/mol. The van der Waals surface area contributed by atoms with E-state index in [1.54, 1.807) is 25.3 Å². The molecule has 0 saturated carbocycles. The Morgan fingerprint density at radius 3 is 2.69 bits per heavy atom. The van der Waals surface area contributed by atoms with E-state index in [4.69, 9.17) is 16.3 Å². The molecule has 0 spiro atoms. The number of benzene rings is 1. The van der Waals surface area contributed by atoms with Crippen LogP contribution in [0.1, 0.15) is 17.4 Å². The maximum atomic E-state index is 11.4.